The third-order valence-electron chi connectivity index (χ3n) is 3.74. The summed E-state index contributed by atoms with van der Waals surface area (Å²) in [5, 5.41) is 0. The van der Waals surface area contributed by atoms with E-state index >= 15 is 0 Å². The minimum absolute atomic E-state index is 0.00255. The van der Waals surface area contributed by atoms with Crippen LogP contribution in [0.1, 0.15) is 12.1 Å². The Labute approximate surface area is 215 Å². The number of nitrogen functional groups attached to an aromatic ring is 1. The van der Waals surface area contributed by atoms with Gasteiger partial charge in [-0.25, -0.2) is 18.7 Å². The third-order valence-corrected chi connectivity index (χ3v) is 4.61. The lowest BCUT2D eigenvalue weighted by molar-refractivity contribution is -0.144. The Kier molecular flexibility index (Phi) is 13.2. The number of esters is 1. The summed E-state index contributed by atoms with van der Waals surface area (Å²) in [6.45, 7) is 0.149. The number of carbonyl (C=O) groups excluding carboxylic acids is 2. The largest absolute Gasteiger partial charge is 0.469 e. The van der Waals surface area contributed by atoms with Crippen LogP contribution >= 0.6 is 31.9 Å². The topological polar surface area (TPSA) is 135 Å². The van der Waals surface area contributed by atoms with Gasteiger partial charge >= 0.3 is 5.97 Å². The molecule has 0 aliphatic rings. The van der Waals surface area contributed by atoms with Crippen LogP contribution in [0, 0.1) is 11.6 Å². The van der Waals surface area contributed by atoms with Crippen LogP contribution in [-0.2, 0) is 30.4 Å². The van der Waals surface area contributed by atoms with Gasteiger partial charge in [0, 0.05) is 41.6 Å². The van der Waals surface area contributed by atoms with E-state index in [1.165, 1.54) is 51.9 Å². The number of aromatic nitrogens is 3. The van der Waals surface area contributed by atoms with Crippen LogP contribution in [0.2, 0.25) is 0 Å². The molecule has 0 saturated carbocycles. The molecule has 0 atom stereocenters. The zero-order valence-corrected chi connectivity index (χ0v) is 22.1. The minimum atomic E-state index is -0.551. The first kappa shape index (κ1) is 30.2. The summed E-state index contributed by atoms with van der Waals surface area (Å²) >= 11 is 6.15. The van der Waals surface area contributed by atoms with Gasteiger partial charge in [0.2, 0.25) is 0 Å². The lowest BCUT2D eigenvalue weighted by atomic mass is 10.3. The monoisotopic (exact) mass is 622 g/mol. The molecule has 10 nitrogen and oxygen atoms in total. The number of nitrogens with zero attached hydrogens (tertiary/aromatic N) is 3. The predicted octanol–water partition coefficient (Wildman–Crippen LogP) is 3.07. The summed E-state index contributed by atoms with van der Waals surface area (Å²) in [5.41, 5.74) is 5.16. The molecule has 0 aliphatic heterocycles. The minimum Gasteiger partial charge on any atom is -0.469 e. The quantitative estimate of drug-likeness (QED) is 0.325. The number of methoxy groups -OCH3 is 3. The molecule has 0 spiro atoms. The highest BCUT2D eigenvalue weighted by Gasteiger charge is 2.08. The Balaban J connectivity index is 0.000000280. The number of rotatable bonds is 6. The summed E-state index contributed by atoms with van der Waals surface area (Å²) in [4.78, 5) is 40.2. The Morgan fingerprint density at radius 1 is 1.06 bits per heavy atom. The van der Waals surface area contributed by atoms with Gasteiger partial charge in [-0.05, 0) is 44.0 Å². The summed E-state index contributed by atoms with van der Waals surface area (Å²) in [7, 11) is 4.12. The van der Waals surface area contributed by atoms with Gasteiger partial charge in [-0.1, -0.05) is 0 Å². The fraction of sp³-hybridized carbons (Fsp3) is 0.286. The van der Waals surface area contributed by atoms with E-state index in [2.05, 4.69) is 51.3 Å². The Hall–Kier alpha value is -2.81. The van der Waals surface area contributed by atoms with E-state index < -0.39 is 17.6 Å². The van der Waals surface area contributed by atoms with Gasteiger partial charge in [-0.2, -0.15) is 0 Å². The average molecular weight is 624 g/mol. The lowest BCUT2D eigenvalue weighted by Gasteiger charge is -2.04. The van der Waals surface area contributed by atoms with Crippen LogP contribution in [0.4, 0.5) is 14.6 Å². The molecule has 0 fully saturated rings. The number of hydrogen-bond acceptors (Lipinski definition) is 9. The molecular weight excluding hydrogens is 602 g/mol. The molecule has 3 rings (SSSR count). The summed E-state index contributed by atoms with van der Waals surface area (Å²) in [6.07, 6.45) is 2.72. The van der Waals surface area contributed by atoms with Crippen molar-refractivity contribution >= 4 is 55.1 Å². The standard InChI is InChI=1S/C10H8BrFN2O2.C6H10O4.C5H4BrFN2/c1-16-5-7-3-9(15)14-4-6(11)2-8(12)10(14)13-7;1-9-4-5(7)3-6(8)10-2;6-3-1-4(7)5(8)9-2-3/h2-4H,5H2,1H3;3-4H2,1-2H3;1-2H,(H2,8,9). The van der Waals surface area contributed by atoms with Crippen molar-refractivity contribution in [1.29, 1.82) is 0 Å². The molecule has 0 bridgehead atoms. The molecule has 190 valence electrons. The number of ether oxygens (including phenoxy) is 3. The predicted molar refractivity (Wildman–Crippen MR) is 130 cm³/mol. The second-order valence-electron chi connectivity index (χ2n) is 6.46. The van der Waals surface area contributed by atoms with Crippen molar-refractivity contribution in [2.24, 2.45) is 0 Å². The van der Waals surface area contributed by atoms with Crippen LogP contribution in [0.3, 0.4) is 0 Å². The van der Waals surface area contributed by atoms with Crippen LogP contribution in [0.5, 0.6) is 0 Å². The summed E-state index contributed by atoms with van der Waals surface area (Å²) in [5.74, 6) is -1.91. The number of anilines is 1. The molecule has 3 heterocycles. The van der Waals surface area contributed by atoms with Crippen molar-refractivity contribution in [2.45, 2.75) is 13.0 Å². The second kappa shape index (κ2) is 15.2. The Bertz CT molecular complexity index is 1230. The van der Waals surface area contributed by atoms with Gasteiger partial charge in [0.1, 0.15) is 13.0 Å². The molecule has 0 aliphatic carbocycles. The molecular formula is C21H22Br2F2N4O6. The van der Waals surface area contributed by atoms with Crippen LogP contribution in [-0.4, -0.2) is 54.1 Å². The first-order chi connectivity index (χ1) is 16.5. The van der Waals surface area contributed by atoms with Gasteiger partial charge in [0.15, 0.2) is 28.9 Å². The zero-order valence-electron chi connectivity index (χ0n) is 18.9. The number of fused-ring (bicyclic) bond motifs is 1. The van der Waals surface area contributed by atoms with Gasteiger partial charge in [-0.3, -0.25) is 18.8 Å². The first-order valence-corrected chi connectivity index (χ1v) is 11.1. The fourth-order valence-electron chi connectivity index (χ4n) is 2.27. The van der Waals surface area contributed by atoms with Crippen LogP contribution in [0.25, 0.3) is 5.65 Å². The first-order valence-electron chi connectivity index (χ1n) is 9.52. The van der Waals surface area contributed by atoms with Crippen molar-refractivity contribution < 1.29 is 32.6 Å². The van der Waals surface area contributed by atoms with Gasteiger partial charge in [-0.15, -0.1) is 0 Å². The van der Waals surface area contributed by atoms with Crippen molar-refractivity contribution in [1.82, 2.24) is 14.4 Å². The van der Waals surface area contributed by atoms with Crippen molar-refractivity contribution in [2.75, 3.05) is 33.7 Å². The maximum atomic E-state index is 13.6. The lowest BCUT2D eigenvalue weighted by Crippen LogP contribution is -2.16. The van der Waals surface area contributed by atoms with Gasteiger partial charge in [0.25, 0.3) is 5.56 Å². The maximum Gasteiger partial charge on any atom is 0.313 e. The Morgan fingerprint density at radius 3 is 2.26 bits per heavy atom. The number of hydrogen-bond donors (Lipinski definition) is 1. The molecule has 0 aromatic carbocycles. The van der Waals surface area contributed by atoms with Crippen LogP contribution < -0.4 is 11.3 Å². The molecule has 14 heteroatoms. The van der Waals surface area contributed by atoms with Crippen molar-refractivity contribution in [3.05, 3.63) is 67.2 Å². The number of nitrogens with two attached hydrogens (primary N) is 1. The highest BCUT2D eigenvalue weighted by atomic mass is 79.9. The molecule has 2 N–H and O–H groups in total. The Morgan fingerprint density at radius 2 is 1.71 bits per heavy atom. The molecule has 3 aromatic heterocycles. The van der Waals surface area contributed by atoms with E-state index in [0.717, 1.165) is 4.40 Å². The fourth-order valence-corrected chi connectivity index (χ4v) is 2.98. The normalized spacial score (nSPS) is 10.0. The van der Waals surface area contributed by atoms with E-state index in [4.69, 9.17) is 10.5 Å². The second-order valence-corrected chi connectivity index (χ2v) is 8.30. The summed E-state index contributed by atoms with van der Waals surface area (Å²) in [6, 6.07) is 3.85. The highest BCUT2D eigenvalue weighted by molar-refractivity contribution is 9.10. The van der Waals surface area contributed by atoms with Gasteiger partial charge in [0.05, 0.1) is 19.4 Å². The summed E-state index contributed by atoms with van der Waals surface area (Å²) < 4.78 is 41.7. The van der Waals surface area contributed by atoms with E-state index in [0.29, 0.717) is 14.6 Å². The molecule has 35 heavy (non-hydrogen) atoms. The van der Waals surface area contributed by atoms with E-state index in [1.54, 1.807) is 0 Å². The molecule has 0 amide bonds. The van der Waals surface area contributed by atoms with Crippen LogP contribution in [0.15, 0.2) is 44.3 Å². The number of pyridine rings is 2. The van der Waals surface area contributed by atoms with E-state index in [9.17, 15) is 23.2 Å². The SMILES string of the molecule is COCC(=O)CC(=O)OC.COCc1cc(=O)n2cc(Br)cc(F)c2n1.Nc1ncc(Br)cc1F. The third kappa shape index (κ3) is 10.5. The van der Waals surface area contributed by atoms with Gasteiger partial charge < -0.3 is 19.9 Å². The van der Waals surface area contributed by atoms with Crippen molar-refractivity contribution in [3.8, 4) is 0 Å². The molecule has 0 unspecified atom stereocenters. The average Bonchev–Trinajstić information content (AvgIpc) is 2.78. The number of ketones is 1. The number of Topliss-reactive ketones (excluding diaryl/α,β-unsaturated/α-hetero) is 1. The zero-order chi connectivity index (χ0) is 26.5. The molecule has 0 saturated heterocycles. The number of carbonyl (C=O) groups is 2. The maximum absolute atomic E-state index is 13.6. The number of halogens is 4. The molecule has 0 radical (unpaired) electrons. The molecule has 3 aromatic rings. The van der Waals surface area contributed by atoms with E-state index in [-0.39, 0.29) is 42.4 Å². The van der Waals surface area contributed by atoms with E-state index in [1.807, 2.05) is 0 Å². The van der Waals surface area contributed by atoms with Crippen molar-refractivity contribution in [3.63, 3.8) is 0 Å². The smallest absolute Gasteiger partial charge is 0.313 e. The highest BCUT2D eigenvalue weighted by Crippen LogP contribution is 2.14.